The number of likely N-dealkylation sites (tertiary alicyclic amines) is 1. The van der Waals surface area contributed by atoms with E-state index in [-0.39, 0.29) is 6.04 Å². The number of rotatable bonds is 5. The third-order valence-corrected chi connectivity index (χ3v) is 4.66. The first kappa shape index (κ1) is 16.1. The van der Waals surface area contributed by atoms with Crippen LogP contribution in [0.1, 0.15) is 81.8 Å². The van der Waals surface area contributed by atoms with Crippen LogP contribution >= 0.6 is 0 Å². The van der Waals surface area contributed by atoms with Crippen LogP contribution in [0.4, 0.5) is 0 Å². The molecule has 1 fully saturated rings. The number of aryl methyl sites for hydroxylation is 1. The van der Waals surface area contributed by atoms with E-state index in [1.807, 2.05) is 0 Å². The van der Waals surface area contributed by atoms with Gasteiger partial charge in [-0.2, -0.15) is 10.1 Å². The van der Waals surface area contributed by atoms with E-state index in [1.54, 1.807) is 0 Å². The summed E-state index contributed by atoms with van der Waals surface area (Å²) in [4.78, 5) is 11.5. The zero-order chi connectivity index (χ0) is 16.4. The van der Waals surface area contributed by atoms with Gasteiger partial charge in [0, 0.05) is 18.3 Å². The van der Waals surface area contributed by atoms with Crippen LogP contribution < -0.4 is 0 Å². The Labute approximate surface area is 136 Å². The first-order chi connectivity index (χ1) is 11.1. The van der Waals surface area contributed by atoms with Gasteiger partial charge < -0.3 is 4.52 Å². The summed E-state index contributed by atoms with van der Waals surface area (Å²) in [7, 11) is 0. The molecule has 7 nitrogen and oxygen atoms in total. The van der Waals surface area contributed by atoms with Crippen molar-refractivity contribution in [2.45, 2.75) is 64.8 Å². The van der Waals surface area contributed by atoms with E-state index < -0.39 is 0 Å². The topological polar surface area (TPSA) is 83.7 Å². The highest BCUT2D eigenvalue weighted by Gasteiger charge is 2.29. The molecule has 1 atom stereocenters. The standard InChI is InChI=1S/C16H26N6O/c1-5-13-17-15(20-19-13)12-6-8-22(9-7-12)11(4)16-18-14(10(2)3)21-23-16/h10-12H,5-9H2,1-4H3,(H,17,19,20). The van der Waals surface area contributed by atoms with E-state index in [1.165, 1.54) is 0 Å². The molecule has 7 heteroatoms. The Morgan fingerprint density at radius 3 is 2.52 bits per heavy atom. The third-order valence-electron chi connectivity index (χ3n) is 4.66. The predicted molar refractivity (Wildman–Crippen MR) is 86.1 cm³/mol. The van der Waals surface area contributed by atoms with E-state index in [4.69, 9.17) is 4.52 Å². The van der Waals surface area contributed by atoms with Gasteiger partial charge in [-0.3, -0.25) is 10.00 Å². The van der Waals surface area contributed by atoms with Gasteiger partial charge in [0.1, 0.15) is 5.82 Å². The molecular formula is C16H26N6O. The maximum Gasteiger partial charge on any atom is 0.243 e. The molecule has 0 bridgehead atoms. The van der Waals surface area contributed by atoms with Crippen LogP contribution in [0.5, 0.6) is 0 Å². The number of aromatic nitrogens is 5. The molecule has 2 aromatic rings. The van der Waals surface area contributed by atoms with Crippen molar-refractivity contribution >= 4 is 0 Å². The van der Waals surface area contributed by atoms with Crippen LogP contribution in [0.2, 0.25) is 0 Å². The predicted octanol–water partition coefficient (Wildman–Crippen LogP) is 2.81. The first-order valence-corrected chi connectivity index (χ1v) is 8.57. The molecule has 3 rings (SSSR count). The summed E-state index contributed by atoms with van der Waals surface area (Å²) in [6.07, 6.45) is 3.03. The Morgan fingerprint density at radius 1 is 1.22 bits per heavy atom. The Balaban J connectivity index is 1.59. The Hall–Kier alpha value is -1.76. The van der Waals surface area contributed by atoms with Gasteiger partial charge in [-0.15, -0.1) is 0 Å². The van der Waals surface area contributed by atoms with Crippen molar-refractivity contribution in [3.05, 3.63) is 23.4 Å². The van der Waals surface area contributed by atoms with Crippen molar-refractivity contribution in [1.29, 1.82) is 0 Å². The van der Waals surface area contributed by atoms with Crippen molar-refractivity contribution < 1.29 is 4.52 Å². The maximum atomic E-state index is 5.44. The van der Waals surface area contributed by atoms with Crippen molar-refractivity contribution in [1.82, 2.24) is 30.2 Å². The number of nitrogens with one attached hydrogen (secondary N) is 1. The van der Waals surface area contributed by atoms with E-state index >= 15 is 0 Å². The van der Waals surface area contributed by atoms with Crippen molar-refractivity contribution in [3.63, 3.8) is 0 Å². The van der Waals surface area contributed by atoms with Crippen molar-refractivity contribution in [3.8, 4) is 0 Å². The van der Waals surface area contributed by atoms with Crippen LogP contribution in [-0.4, -0.2) is 43.3 Å². The molecule has 1 saturated heterocycles. The molecule has 2 aromatic heterocycles. The first-order valence-electron chi connectivity index (χ1n) is 8.57. The monoisotopic (exact) mass is 318 g/mol. The van der Waals surface area contributed by atoms with Gasteiger partial charge in [-0.1, -0.05) is 25.9 Å². The van der Waals surface area contributed by atoms with Crippen LogP contribution in [0.25, 0.3) is 0 Å². The quantitative estimate of drug-likeness (QED) is 0.912. The molecule has 3 heterocycles. The second-order valence-corrected chi connectivity index (χ2v) is 6.63. The molecular weight excluding hydrogens is 292 g/mol. The second kappa shape index (κ2) is 6.78. The highest BCUT2D eigenvalue weighted by Crippen LogP contribution is 2.30. The molecule has 1 aliphatic heterocycles. The number of piperidine rings is 1. The molecule has 23 heavy (non-hydrogen) atoms. The fraction of sp³-hybridized carbons (Fsp3) is 0.750. The van der Waals surface area contributed by atoms with Crippen LogP contribution in [0, 0.1) is 0 Å². The molecule has 0 amide bonds. The van der Waals surface area contributed by atoms with E-state index in [2.05, 4.69) is 57.9 Å². The highest BCUT2D eigenvalue weighted by molar-refractivity contribution is 5.02. The zero-order valence-corrected chi connectivity index (χ0v) is 14.4. The lowest BCUT2D eigenvalue weighted by molar-refractivity contribution is 0.135. The lowest BCUT2D eigenvalue weighted by atomic mass is 9.95. The molecule has 0 aromatic carbocycles. The van der Waals surface area contributed by atoms with Gasteiger partial charge >= 0.3 is 0 Å². The molecule has 0 aliphatic carbocycles. The van der Waals surface area contributed by atoms with Crippen LogP contribution in [0.3, 0.4) is 0 Å². The van der Waals surface area contributed by atoms with Crippen LogP contribution in [-0.2, 0) is 6.42 Å². The van der Waals surface area contributed by atoms with Crippen molar-refractivity contribution in [2.75, 3.05) is 13.1 Å². The van der Waals surface area contributed by atoms with Gasteiger partial charge in [-0.05, 0) is 32.9 Å². The largest absolute Gasteiger partial charge is 0.338 e. The minimum atomic E-state index is 0.161. The molecule has 0 saturated carbocycles. The summed E-state index contributed by atoms with van der Waals surface area (Å²) in [6, 6.07) is 0.161. The van der Waals surface area contributed by atoms with Gasteiger partial charge in [0.2, 0.25) is 5.89 Å². The Kier molecular flexibility index (Phi) is 4.75. The SMILES string of the molecule is CCc1nc(C2CCN(C(C)c3nc(C(C)C)no3)CC2)n[nH]1. The summed E-state index contributed by atoms with van der Waals surface area (Å²) < 4.78 is 5.44. The number of H-pyrrole nitrogens is 1. The molecule has 1 unspecified atom stereocenters. The number of aromatic amines is 1. The molecule has 1 N–H and O–H groups in total. The summed E-state index contributed by atoms with van der Waals surface area (Å²) >= 11 is 0. The molecule has 0 spiro atoms. The van der Waals surface area contributed by atoms with E-state index in [0.29, 0.717) is 11.8 Å². The van der Waals surface area contributed by atoms with Crippen LogP contribution in [0.15, 0.2) is 4.52 Å². The second-order valence-electron chi connectivity index (χ2n) is 6.63. The average Bonchev–Trinajstić information content (AvgIpc) is 3.23. The van der Waals surface area contributed by atoms with Gasteiger partial charge in [-0.25, -0.2) is 4.98 Å². The minimum absolute atomic E-state index is 0.161. The van der Waals surface area contributed by atoms with E-state index in [0.717, 1.165) is 55.7 Å². The van der Waals surface area contributed by atoms with E-state index in [9.17, 15) is 0 Å². The normalized spacial score (nSPS) is 18.7. The average molecular weight is 318 g/mol. The fourth-order valence-corrected chi connectivity index (χ4v) is 3.00. The smallest absolute Gasteiger partial charge is 0.243 e. The molecule has 0 radical (unpaired) electrons. The summed E-state index contributed by atoms with van der Waals surface area (Å²) in [5.41, 5.74) is 0. The van der Waals surface area contributed by atoms with Gasteiger partial charge in [0.05, 0.1) is 6.04 Å². The number of nitrogens with zero attached hydrogens (tertiary/aromatic N) is 5. The summed E-state index contributed by atoms with van der Waals surface area (Å²) in [5, 5.41) is 11.5. The zero-order valence-electron chi connectivity index (χ0n) is 14.4. The minimum Gasteiger partial charge on any atom is -0.338 e. The van der Waals surface area contributed by atoms with Gasteiger partial charge in [0.15, 0.2) is 11.6 Å². The fourth-order valence-electron chi connectivity index (χ4n) is 3.00. The molecule has 1 aliphatic rings. The summed E-state index contributed by atoms with van der Waals surface area (Å²) in [6.45, 7) is 10.4. The Morgan fingerprint density at radius 2 is 1.96 bits per heavy atom. The lowest BCUT2D eigenvalue weighted by Gasteiger charge is -2.33. The number of hydrogen-bond acceptors (Lipinski definition) is 6. The number of hydrogen-bond donors (Lipinski definition) is 1. The lowest BCUT2D eigenvalue weighted by Crippen LogP contribution is -2.35. The highest BCUT2D eigenvalue weighted by atomic mass is 16.5. The molecule has 126 valence electrons. The maximum absolute atomic E-state index is 5.44. The third kappa shape index (κ3) is 3.44. The van der Waals surface area contributed by atoms with Crippen molar-refractivity contribution in [2.24, 2.45) is 0 Å². The summed E-state index contributed by atoms with van der Waals surface area (Å²) in [5.74, 6) is 4.19. The Bertz CT molecular complexity index is 626. The van der Waals surface area contributed by atoms with Gasteiger partial charge in [0.25, 0.3) is 0 Å².